The molecule has 0 aliphatic heterocycles. The molecule has 0 atom stereocenters. The van der Waals surface area contributed by atoms with Crippen molar-refractivity contribution in [1.82, 2.24) is 9.55 Å². The number of anilines is 2. The summed E-state index contributed by atoms with van der Waals surface area (Å²) in [5.41, 5.74) is 2.21. The number of rotatable bonds is 5. The Labute approximate surface area is 175 Å². The van der Waals surface area contributed by atoms with E-state index in [9.17, 15) is 9.59 Å². The van der Waals surface area contributed by atoms with E-state index in [4.69, 9.17) is 0 Å². The fourth-order valence-corrected chi connectivity index (χ4v) is 3.68. The van der Waals surface area contributed by atoms with Crippen molar-refractivity contribution < 1.29 is 9.59 Å². The van der Waals surface area contributed by atoms with Gasteiger partial charge in [0.1, 0.15) is 5.82 Å². The van der Waals surface area contributed by atoms with Crippen LogP contribution in [-0.2, 0) is 11.3 Å². The van der Waals surface area contributed by atoms with Crippen LogP contribution in [0.2, 0.25) is 0 Å². The van der Waals surface area contributed by atoms with Gasteiger partial charge in [-0.2, -0.15) is 0 Å². The van der Waals surface area contributed by atoms with Crippen molar-refractivity contribution in [2.24, 2.45) is 5.41 Å². The van der Waals surface area contributed by atoms with E-state index >= 15 is 0 Å². The highest BCUT2D eigenvalue weighted by molar-refractivity contribution is 7.18. The van der Waals surface area contributed by atoms with Crippen molar-refractivity contribution in [2.75, 3.05) is 10.6 Å². The number of hydrogen-bond acceptors (Lipinski definition) is 4. The Morgan fingerprint density at radius 2 is 1.79 bits per heavy atom. The largest absolute Gasteiger partial charge is 0.331 e. The topological polar surface area (TPSA) is 76.0 Å². The van der Waals surface area contributed by atoms with Crippen LogP contribution in [-0.4, -0.2) is 21.4 Å². The van der Waals surface area contributed by atoms with E-state index in [1.54, 1.807) is 6.20 Å². The fourth-order valence-electron chi connectivity index (χ4n) is 2.72. The van der Waals surface area contributed by atoms with E-state index in [0.717, 1.165) is 29.2 Å². The Hall–Kier alpha value is -2.93. The zero-order valence-corrected chi connectivity index (χ0v) is 18.2. The summed E-state index contributed by atoms with van der Waals surface area (Å²) in [4.78, 5) is 29.7. The van der Waals surface area contributed by atoms with Crippen LogP contribution in [0.4, 0.5) is 10.7 Å². The zero-order valence-electron chi connectivity index (χ0n) is 17.4. The van der Waals surface area contributed by atoms with E-state index in [-0.39, 0.29) is 11.8 Å². The summed E-state index contributed by atoms with van der Waals surface area (Å²) in [5.74, 6) is 0.710. The van der Waals surface area contributed by atoms with Crippen LogP contribution in [0.15, 0.2) is 42.7 Å². The number of imidazole rings is 1. The Morgan fingerprint density at radius 1 is 1.10 bits per heavy atom. The molecule has 2 N–H and O–H groups in total. The van der Waals surface area contributed by atoms with Crippen LogP contribution in [0.5, 0.6) is 0 Å². The number of nitrogens with zero attached hydrogens (tertiary/aromatic N) is 2. The monoisotopic (exact) mass is 410 g/mol. The van der Waals surface area contributed by atoms with Gasteiger partial charge in [-0.05, 0) is 43.2 Å². The lowest BCUT2D eigenvalue weighted by molar-refractivity contribution is -0.123. The molecule has 2 heterocycles. The quantitative estimate of drug-likeness (QED) is 0.631. The lowest BCUT2D eigenvalue weighted by Crippen LogP contribution is -2.27. The number of nitrogens with one attached hydrogen (secondary N) is 2. The van der Waals surface area contributed by atoms with Crippen LogP contribution in [0.1, 0.15) is 47.4 Å². The van der Waals surface area contributed by atoms with E-state index in [1.165, 1.54) is 11.3 Å². The predicted octanol–water partition coefficient (Wildman–Crippen LogP) is 4.85. The molecule has 29 heavy (non-hydrogen) atoms. The minimum absolute atomic E-state index is 0.0746. The van der Waals surface area contributed by atoms with Gasteiger partial charge in [-0.15, -0.1) is 11.3 Å². The number of benzene rings is 1. The molecule has 0 fully saturated rings. The number of carbonyl (C=O) groups is 2. The standard InChI is InChI=1S/C22H26N4O2S/c1-14-12-18(25-21(28)22(3,4)5)29-19(14)20(27)24-17-8-6-16(7-9-17)13-26-11-10-23-15(26)2/h6-12H,13H2,1-5H3,(H,24,27)(H,25,28). The van der Waals surface area contributed by atoms with Gasteiger partial charge in [-0.1, -0.05) is 32.9 Å². The maximum absolute atomic E-state index is 12.7. The molecular weight excluding hydrogens is 384 g/mol. The lowest BCUT2D eigenvalue weighted by Gasteiger charge is -2.16. The molecule has 0 saturated heterocycles. The van der Waals surface area contributed by atoms with Gasteiger partial charge in [0, 0.05) is 30.0 Å². The van der Waals surface area contributed by atoms with Gasteiger partial charge in [0.25, 0.3) is 5.91 Å². The molecule has 0 unspecified atom stereocenters. The summed E-state index contributed by atoms with van der Waals surface area (Å²) < 4.78 is 2.07. The van der Waals surface area contributed by atoms with Gasteiger partial charge in [0.15, 0.2) is 0 Å². The molecule has 2 aromatic heterocycles. The SMILES string of the molecule is Cc1cc(NC(=O)C(C)(C)C)sc1C(=O)Nc1ccc(Cn2ccnc2C)cc1. The van der Waals surface area contributed by atoms with Crippen molar-refractivity contribution in [1.29, 1.82) is 0 Å². The molecule has 0 aliphatic carbocycles. The Balaban J connectivity index is 1.66. The number of aryl methyl sites for hydroxylation is 2. The number of hydrogen-bond donors (Lipinski definition) is 2. The van der Waals surface area contributed by atoms with Crippen LogP contribution >= 0.6 is 11.3 Å². The van der Waals surface area contributed by atoms with Gasteiger partial charge in [-0.3, -0.25) is 9.59 Å². The Kier molecular flexibility index (Phi) is 5.88. The molecular formula is C22H26N4O2S. The molecule has 0 bridgehead atoms. The Bertz CT molecular complexity index is 1030. The van der Waals surface area contributed by atoms with Gasteiger partial charge in [0.05, 0.1) is 9.88 Å². The molecule has 0 saturated carbocycles. The second kappa shape index (κ2) is 8.21. The average molecular weight is 411 g/mol. The Morgan fingerprint density at radius 3 is 2.38 bits per heavy atom. The van der Waals surface area contributed by atoms with Gasteiger partial charge < -0.3 is 15.2 Å². The van der Waals surface area contributed by atoms with Crippen molar-refractivity contribution in [3.05, 3.63) is 64.6 Å². The van der Waals surface area contributed by atoms with Gasteiger partial charge in [-0.25, -0.2) is 4.98 Å². The molecule has 2 amide bonds. The number of carbonyl (C=O) groups excluding carboxylic acids is 2. The van der Waals surface area contributed by atoms with Crippen molar-refractivity contribution in [3.63, 3.8) is 0 Å². The average Bonchev–Trinajstić information content (AvgIpc) is 3.21. The second-order valence-electron chi connectivity index (χ2n) is 8.08. The third-order valence-electron chi connectivity index (χ3n) is 4.53. The fraction of sp³-hybridized carbons (Fsp3) is 0.318. The molecule has 0 radical (unpaired) electrons. The normalized spacial score (nSPS) is 11.3. The molecule has 1 aromatic carbocycles. The van der Waals surface area contributed by atoms with Crippen LogP contribution < -0.4 is 10.6 Å². The summed E-state index contributed by atoms with van der Waals surface area (Å²) in [6.45, 7) is 10.1. The van der Waals surface area contributed by atoms with Crippen LogP contribution in [0, 0.1) is 19.3 Å². The summed E-state index contributed by atoms with van der Waals surface area (Å²) in [6, 6.07) is 9.60. The van der Waals surface area contributed by atoms with Crippen molar-refractivity contribution in [2.45, 2.75) is 41.2 Å². The van der Waals surface area contributed by atoms with Crippen LogP contribution in [0.25, 0.3) is 0 Å². The molecule has 0 aliphatic rings. The zero-order chi connectivity index (χ0) is 21.2. The minimum Gasteiger partial charge on any atom is -0.331 e. The molecule has 3 rings (SSSR count). The first-order valence-corrected chi connectivity index (χ1v) is 10.2. The highest BCUT2D eigenvalue weighted by Crippen LogP contribution is 2.29. The van der Waals surface area contributed by atoms with Gasteiger partial charge >= 0.3 is 0 Å². The molecule has 3 aromatic rings. The summed E-state index contributed by atoms with van der Waals surface area (Å²) in [7, 11) is 0. The van der Waals surface area contributed by atoms with E-state index in [1.807, 2.05) is 71.1 Å². The third-order valence-corrected chi connectivity index (χ3v) is 5.68. The number of aromatic nitrogens is 2. The van der Waals surface area contributed by atoms with Crippen molar-refractivity contribution in [3.8, 4) is 0 Å². The first kappa shape index (κ1) is 20.8. The first-order chi connectivity index (χ1) is 13.6. The molecule has 6 nitrogen and oxygen atoms in total. The molecule has 7 heteroatoms. The first-order valence-electron chi connectivity index (χ1n) is 9.43. The number of amides is 2. The maximum atomic E-state index is 12.7. The van der Waals surface area contributed by atoms with E-state index in [0.29, 0.717) is 9.88 Å². The smallest absolute Gasteiger partial charge is 0.266 e. The highest BCUT2D eigenvalue weighted by atomic mass is 32.1. The molecule has 0 spiro atoms. The lowest BCUT2D eigenvalue weighted by atomic mass is 9.96. The molecule has 152 valence electrons. The summed E-state index contributed by atoms with van der Waals surface area (Å²) >= 11 is 1.28. The minimum atomic E-state index is -0.489. The van der Waals surface area contributed by atoms with E-state index in [2.05, 4.69) is 20.2 Å². The van der Waals surface area contributed by atoms with Crippen molar-refractivity contribution >= 4 is 33.8 Å². The third kappa shape index (κ3) is 5.12. The van der Waals surface area contributed by atoms with E-state index < -0.39 is 5.41 Å². The second-order valence-corrected chi connectivity index (χ2v) is 9.13. The highest BCUT2D eigenvalue weighted by Gasteiger charge is 2.23. The predicted molar refractivity (Wildman–Crippen MR) is 118 cm³/mol. The number of thiophene rings is 1. The van der Waals surface area contributed by atoms with Crippen LogP contribution in [0.3, 0.4) is 0 Å². The van der Waals surface area contributed by atoms with Gasteiger partial charge in [0.2, 0.25) is 5.91 Å². The maximum Gasteiger partial charge on any atom is 0.266 e. The summed E-state index contributed by atoms with van der Waals surface area (Å²) in [5, 5.41) is 6.50. The summed E-state index contributed by atoms with van der Waals surface area (Å²) in [6.07, 6.45) is 3.73.